The van der Waals surface area contributed by atoms with Crippen LogP contribution in [0.15, 0.2) is 0 Å². The van der Waals surface area contributed by atoms with Gasteiger partial charge in [-0.1, -0.05) is 6.92 Å². The molecule has 0 aromatic rings. The molecule has 1 saturated heterocycles. The van der Waals surface area contributed by atoms with E-state index in [0.29, 0.717) is 10.5 Å². The summed E-state index contributed by atoms with van der Waals surface area (Å²) in [5.41, 5.74) is -0.439. The van der Waals surface area contributed by atoms with Crippen LogP contribution in [0.2, 0.25) is 0 Å². The Morgan fingerprint density at radius 1 is 1.53 bits per heavy atom. The van der Waals surface area contributed by atoms with Crippen LogP contribution in [0.1, 0.15) is 26.2 Å². The van der Waals surface area contributed by atoms with Gasteiger partial charge in [0.25, 0.3) is 0 Å². The number of hydrogen-bond acceptors (Lipinski definition) is 5. The lowest BCUT2D eigenvalue weighted by Crippen LogP contribution is -2.51. The minimum atomic E-state index is -0.439. The molecule has 1 saturated carbocycles. The van der Waals surface area contributed by atoms with Crippen molar-refractivity contribution in [3.63, 3.8) is 0 Å². The van der Waals surface area contributed by atoms with E-state index in [2.05, 4.69) is 5.32 Å². The summed E-state index contributed by atoms with van der Waals surface area (Å²) in [6.45, 7) is 4.57. The average Bonchev–Trinajstić information content (AvgIpc) is 2.68. The highest BCUT2D eigenvalue weighted by molar-refractivity contribution is 8.00. The molecule has 98 valence electrons. The predicted octanol–water partition coefficient (Wildman–Crippen LogP) is 1.19. The molecule has 5 heteroatoms. The average molecular weight is 259 g/mol. The highest BCUT2D eigenvalue weighted by Crippen LogP contribution is 2.40. The van der Waals surface area contributed by atoms with Crippen molar-refractivity contribution in [2.75, 3.05) is 26.9 Å². The number of esters is 1. The van der Waals surface area contributed by atoms with E-state index >= 15 is 0 Å². The van der Waals surface area contributed by atoms with Gasteiger partial charge in [0.2, 0.25) is 0 Å². The maximum atomic E-state index is 11.9. The van der Waals surface area contributed by atoms with Gasteiger partial charge in [0.1, 0.15) is 5.54 Å². The molecule has 17 heavy (non-hydrogen) atoms. The number of carbonyl (C=O) groups is 1. The Kier molecular flexibility index (Phi) is 4.33. The lowest BCUT2D eigenvalue weighted by Gasteiger charge is -2.30. The van der Waals surface area contributed by atoms with Crippen LogP contribution in [0.4, 0.5) is 0 Å². The minimum Gasteiger partial charge on any atom is -0.468 e. The molecule has 1 aliphatic heterocycles. The van der Waals surface area contributed by atoms with Gasteiger partial charge in [0.05, 0.1) is 25.6 Å². The molecular formula is C12H21NO3S. The zero-order chi connectivity index (χ0) is 12.3. The van der Waals surface area contributed by atoms with Crippen LogP contribution >= 0.6 is 11.8 Å². The van der Waals surface area contributed by atoms with Crippen molar-refractivity contribution < 1.29 is 14.3 Å². The number of hydrogen-bond donors (Lipinski definition) is 1. The molecular weight excluding hydrogens is 238 g/mol. The molecule has 0 amide bonds. The van der Waals surface area contributed by atoms with E-state index in [1.54, 1.807) is 0 Å². The monoisotopic (exact) mass is 259 g/mol. The third-order valence-electron chi connectivity index (χ3n) is 3.55. The summed E-state index contributed by atoms with van der Waals surface area (Å²) in [4.78, 5) is 11.9. The Hall–Kier alpha value is -0.260. The quantitative estimate of drug-likeness (QED) is 0.752. The maximum absolute atomic E-state index is 11.9. The van der Waals surface area contributed by atoms with Crippen molar-refractivity contribution in [2.24, 2.45) is 0 Å². The molecule has 2 rings (SSSR count). The van der Waals surface area contributed by atoms with Crippen LogP contribution in [0.3, 0.4) is 0 Å². The summed E-state index contributed by atoms with van der Waals surface area (Å²) >= 11 is 1.98. The first-order valence-corrected chi connectivity index (χ1v) is 7.21. The van der Waals surface area contributed by atoms with Crippen molar-refractivity contribution in [1.82, 2.24) is 5.32 Å². The van der Waals surface area contributed by atoms with Gasteiger partial charge in [-0.25, -0.2) is 0 Å². The van der Waals surface area contributed by atoms with E-state index in [1.165, 1.54) is 7.11 Å². The van der Waals surface area contributed by atoms with Gasteiger partial charge in [-0.2, -0.15) is 11.8 Å². The molecule has 0 aromatic heterocycles. The summed E-state index contributed by atoms with van der Waals surface area (Å²) in [6, 6.07) is 0. The Morgan fingerprint density at radius 3 is 2.82 bits per heavy atom. The number of ether oxygens (including phenoxy) is 2. The van der Waals surface area contributed by atoms with E-state index in [4.69, 9.17) is 9.47 Å². The standard InChI is InChI=1S/C12H21NO3S/c1-3-13-12(11(14)15-2)5-4-9(6-12)17-10-7-16-8-10/h9-10,13H,3-8H2,1-2H3. The van der Waals surface area contributed by atoms with Gasteiger partial charge in [-0.15, -0.1) is 0 Å². The highest BCUT2D eigenvalue weighted by Gasteiger charge is 2.46. The molecule has 1 aliphatic carbocycles. The third kappa shape index (κ3) is 2.77. The highest BCUT2D eigenvalue weighted by atomic mass is 32.2. The Bertz CT molecular complexity index is 283. The number of carbonyl (C=O) groups excluding carboxylic acids is 1. The lowest BCUT2D eigenvalue weighted by atomic mass is 9.98. The first-order valence-electron chi connectivity index (χ1n) is 6.27. The van der Waals surface area contributed by atoms with Crippen molar-refractivity contribution >= 4 is 17.7 Å². The summed E-state index contributed by atoms with van der Waals surface area (Å²) in [5.74, 6) is -0.104. The number of methoxy groups -OCH3 is 1. The fourth-order valence-electron chi connectivity index (χ4n) is 2.63. The van der Waals surface area contributed by atoms with Gasteiger partial charge < -0.3 is 14.8 Å². The summed E-state index contributed by atoms with van der Waals surface area (Å²) in [7, 11) is 1.47. The minimum absolute atomic E-state index is 0.104. The van der Waals surface area contributed by atoms with Crippen LogP contribution < -0.4 is 5.32 Å². The van der Waals surface area contributed by atoms with E-state index in [1.807, 2.05) is 18.7 Å². The number of nitrogens with one attached hydrogen (secondary N) is 1. The largest absolute Gasteiger partial charge is 0.468 e. The molecule has 4 nitrogen and oxygen atoms in total. The molecule has 0 spiro atoms. The van der Waals surface area contributed by atoms with Crippen molar-refractivity contribution in [3.05, 3.63) is 0 Å². The van der Waals surface area contributed by atoms with E-state index < -0.39 is 5.54 Å². The normalized spacial score (nSPS) is 33.4. The van der Waals surface area contributed by atoms with Gasteiger partial charge in [-0.3, -0.25) is 4.79 Å². The molecule has 2 aliphatic rings. The van der Waals surface area contributed by atoms with Crippen LogP contribution in [-0.4, -0.2) is 48.9 Å². The van der Waals surface area contributed by atoms with E-state index in [0.717, 1.165) is 39.0 Å². The van der Waals surface area contributed by atoms with Crippen LogP contribution in [0.25, 0.3) is 0 Å². The second-order valence-electron chi connectivity index (χ2n) is 4.76. The topological polar surface area (TPSA) is 47.6 Å². The molecule has 0 radical (unpaired) electrons. The van der Waals surface area contributed by atoms with E-state index in [-0.39, 0.29) is 5.97 Å². The zero-order valence-corrected chi connectivity index (χ0v) is 11.3. The maximum Gasteiger partial charge on any atom is 0.326 e. The van der Waals surface area contributed by atoms with Crippen molar-refractivity contribution in [3.8, 4) is 0 Å². The van der Waals surface area contributed by atoms with Crippen molar-refractivity contribution in [1.29, 1.82) is 0 Å². The number of likely N-dealkylation sites (N-methyl/N-ethyl adjacent to an activating group) is 1. The third-order valence-corrected chi connectivity index (χ3v) is 5.00. The second kappa shape index (κ2) is 5.59. The van der Waals surface area contributed by atoms with Gasteiger partial charge in [0, 0.05) is 5.25 Å². The Morgan fingerprint density at radius 2 is 2.29 bits per heavy atom. The van der Waals surface area contributed by atoms with Crippen LogP contribution in [0.5, 0.6) is 0 Å². The molecule has 0 aromatic carbocycles. The van der Waals surface area contributed by atoms with Gasteiger partial charge >= 0.3 is 5.97 Å². The summed E-state index contributed by atoms with van der Waals surface area (Å²) in [5, 5.41) is 4.52. The van der Waals surface area contributed by atoms with E-state index in [9.17, 15) is 4.79 Å². The fourth-order valence-corrected chi connectivity index (χ4v) is 4.16. The Labute approximate surface area is 107 Å². The first-order chi connectivity index (χ1) is 8.20. The predicted molar refractivity (Wildman–Crippen MR) is 68.3 cm³/mol. The second-order valence-corrected chi connectivity index (χ2v) is 6.37. The molecule has 1 heterocycles. The fraction of sp³-hybridized carbons (Fsp3) is 0.917. The van der Waals surface area contributed by atoms with Crippen LogP contribution in [0, 0.1) is 0 Å². The van der Waals surface area contributed by atoms with Crippen LogP contribution in [-0.2, 0) is 14.3 Å². The van der Waals surface area contributed by atoms with Crippen molar-refractivity contribution in [2.45, 2.75) is 42.2 Å². The molecule has 1 N–H and O–H groups in total. The molecule has 2 unspecified atom stereocenters. The summed E-state index contributed by atoms with van der Waals surface area (Å²) < 4.78 is 10.1. The zero-order valence-electron chi connectivity index (χ0n) is 10.5. The lowest BCUT2D eigenvalue weighted by molar-refractivity contribution is -0.148. The number of rotatable bonds is 5. The smallest absolute Gasteiger partial charge is 0.326 e. The SMILES string of the molecule is CCNC1(C(=O)OC)CCC(SC2COC2)C1. The molecule has 2 atom stereocenters. The molecule has 2 fully saturated rings. The first kappa shape index (κ1) is 13.2. The van der Waals surface area contributed by atoms with Gasteiger partial charge in [-0.05, 0) is 25.8 Å². The Balaban J connectivity index is 1.92. The van der Waals surface area contributed by atoms with Gasteiger partial charge in [0.15, 0.2) is 0 Å². The number of thioether (sulfide) groups is 1. The summed E-state index contributed by atoms with van der Waals surface area (Å²) in [6.07, 6.45) is 2.86. The molecule has 0 bridgehead atoms.